The van der Waals surface area contributed by atoms with Crippen LogP contribution in [-0.4, -0.2) is 49.4 Å². The molecule has 1 fully saturated rings. The van der Waals surface area contributed by atoms with Crippen LogP contribution in [0.25, 0.3) is 0 Å². The van der Waals surface area contributed by atoms with Gasteiger partial charge in [0, 0.05) is 32.9 Å². The summed E-state index contributed by atoms with van der Waals surface area (Å²) < 4.78 is 32.9. The zero-order valence-electron chi connectivity index (χ0n) is 15.8. The summed E-state index contributed by atoms with van der Waals surface area (Å²) in [6.45, 7) is 1.28. The van der Waals surface area contributed by atoms with Crippen molar-refractivity contribution in [2.24, 2.45) is 7.05 Å². The Balaban J connectivity index is 1.68. The molecule has 2 aromatic rings. The van der Waals surface area contributed by atoms with E-state index >= 15 is 0 Å². The first-order chi connectivity index (χ1) is 13.3. The van der Waals surface area contributed by atoms with Crippen molar-refractivity contribution in [3.8, 4) is 0 Å². The van der Waals surface area contributed by atoms with Crippen molar-refractivity contribution in [2.45, 2.75) is 24.3 Å². The number of hydrogen-bond acceptors (Lipinski definition) is 5. The normalized spacial score (nSPS) is 14.8. The van der Waals surface area contributed by atoms with E-state index in [1.807, 2.05) is 0 Å². The molecule has 1 N–H and O–H groups in total. The Morgan fingerprint density at radius 1 is 1.14 bits per heavy atom. The van der Waals surface area contributed by atoms with Crippen molar-refractivity contribution in [2.75, 3.05) is 20.2 Å². The van der Waals surface area contributed by atoms with Crippen LogP contribution in [0.1, 0.15) is 39.3 Å². The van der Waals surface area contributed by atoms with Gasteiger partial charge in [-0.15, -0.1) is 0 Å². The van der Waals surface area contributed by atoms with Gasteiger partial charge in [0.25, 0.3) is 5.91 Å². The van der Waals surface area contributed by atoms with E-state index in [-0.39, 0.29) is 23.0 Å². The summed E-state index contributed by atoms with van der Waals surface area (Å²) in [7, 11) is -0.612. The maximum atomic E-state index is 12.7. The maximum Gasteiger partial charge on any atom is 0.337 e. The van der Waals surface area contributed by atoms with Gasteiger partial charge < -0.3 is 14.6 Å². The first-order valence-corrected chi connectivity index (χ1v) is 10.4. The number of ether oxygens (including phenoxy) is 1. The van der Waals surface area contributed by atoms with E-state index in [2.05, 4.69) is 10.1 Å². The Kier molecular flexibility index (Phi) is 5.85. The van der Waals surface area contributed by atoms with Crippen molar-refractivity contribution < 1.29 is 22.7 Å². The number of nitrogens with one attached hydrogen (secondary N) is 1. The number of benzene rings is 1. The van der Waals surface area contributed by atoms with Crippen molar-refractivity contribution in [1.29, 1.82) is 0 Å². The Morgan fingerprint density at radius 3 is 2.39 bits per heavy atom. The van der Waals surface area contributed by atoms with E-state index in [1.165, 1.54) is 28.2 Å². The lowest BCUT2D eigenvalue weighted by Gasteiger charge is -2.13. The second-order valence-corrected chi connectivity index (χ2v) is 8.59. The van der Waals surface area contributed by atoms with Crippen molar-refractivity contribution >= 4 is 21.9 Å². The van der Waals surface area contributed by atoms with Gasteiger partial charge in [0.15, 0.2) is 0 Å². The summed E-state index contributed by atoms with van der Waals surface area (Å²) in [4.78, 5) is 24.1. The third kappa shape index (κ3) is 4.10. The SMILES string of the molecule is COC(=O)c1ccc(CNC(=O)c2cc(S(=O)(=O)N3CCCC3)cn2C)cc1. The third-order valence-corrected chi connectivity index (χ3v) is 6.61. The fraction of sp³-hybridized carbons (Fsp3) is 0.368. The van der Waals surface area contributed by atoms with E-state index < -0.39 is 16.0 Å². The average molecular weight is 405 g/mol. The molecular weight excluding hydrogens is 382 g/mol. The Morgan fingerprint density at radius 2 is 1.79 bits per heavy atom. The molecule has 0 saturated carbocycles. The smallest absolute Gasteiger partial charge is 0.337 e. The Hall–Kier alpha value is -2.65. The first kappa shape index (κ1) is 20.1. The van der Waals surface area contributed by atoms with Gasteiger partial charge >= 0.3 is 5.97 Å². The van der Waals surface area contributed by atoms with Gasteiger partial charge in [-0.3, -0.25) is 4.79 Å². The van der Waals surface area contributed by atoms with Crippen LogP contribution < -0.4 is 5.32 Å². The number of methoxy groups -OCH3 is 1. The largest absolute Gasteiger partial charge is 0.465 e. The molecule has 9 heteroatoms. The highest BCUT2D eigenvalue weighted by molar-refractivity contribution is 7.89. The maximum absolute atomic E-state index is 12.7. The molecule has 2 heterocycles. The van der Waals surface area contributed by atoms with E-state index in [4.69, 9.17) is 0 Å². The third-order valence-electron chi connectivity index (χ3n) is 4.74. The van der Waals surface area contributed by atoms with Crippen LogP contribution in [0.4, 0.5) is 0 Å². The number of aryl methyl sites for hydroxylation is 1. The highest BCUT2D eigenvalue weighted by Crippen LogP contribution is 2.22. The number of aromatic nitrogens is 1. The number of amides is 1. The number of carbonyl (C=O) groups is 2. The molecule has 0 unspecified atom stereocenters. The van der Waals surface area contributed by atoms with Crippen molar-refractivity contribution in [1.82, 2.24) is 14.2 Å². The molecule has 1 aliphatic rings. The monoisotopic (exact) mass is 405 g/mol. The van der Waals surface area contributed by atoms with Crippen LogP contribution in [-0.2, 0) is 28.4 Å². The lowest BCUT2D eigenvalue weighted by Crippen LogP contribution is -2.27. The summed E-state index contributed by atoms with van der Waals surface area (Å²) in [6, 6.07) is 8.10. The lowest BCUT2D eigenvalue weighted by molar-refractivity contribution is 0.0600. The number of carbonyl (C=O) groups excluding carboxylic acids is 2. The summed E-state index contributed by atoms with van der Waals surface area (Å²) in [5.41, 5.74) is 1.50. The molecule has 1 aromatic heterocycles. The highest BCUT2D eigenvalue weighted by Gasteiger charge is 2.29. The molecule has 0 bridgehead atoms. The van der Waals surface area contributed by atoms with Crippen LogP contribution in [0.3, 0.4) is 0 Å². The fourth-order valence-electron chi connectivity index (χ4n) is 3.13. The van der Waals surface area contributed by atoms with Crippen LogP contribution in [0.2, 0.25) is 0 Å². The van der Waals surface area contributed by atoms with Gasteiger partial charge in [-0.2, -0.15) is 4.31 Å². The molecule has 0 radical (unpaired) electrons. The Bertz CT molecular complexity index is 973. The number of sulfonamides is 1. The van der Waals surface area contributed by atoms with Gasteiger partial charge in [-0.1, -0.05) is 12.1 Å². The number of esters is 1. The topological polar surface area (TPSA) is 97.7 Å². The van der Waals surface area contributed by atoms with Crippen LogP contribution in [0.5, 0.6) is 0 Å². The number of hydrogen-bond donors (Lipinski definition) is 1. The summed E-state index contributed by atoms with van der Waals surface area (Å²) in [5, 5.41) is 2.77. The molecule has 1 saturated heterocycles. The number of rotatable bonds is 6. The zero-order valence-corrected chi connectivity index (χ0v) is 16.7. The molecule has 8 nitrogen and oxygen atoms in total. The van der Waals surface area contributed by atoms with E-state index in [0.717, 1.165) is 18.4 Å². The predicted molar refractivity (Wildman–Crippen MR) is 102 cm³/mol. The van der Waals surface area contributed by atoms with Crippen LogP contribution in [0.15, 0.2) is 41.4 Å². The molecular formula is C19H23N3O5S. The van der Waals surface area contributed by atoms with E-state index in [1.54, 1.807) is 31.3 Å². The van der Waals surface area contributed by atoms with Crippen LogP contribution >= 0.6 is 0 Å². The molecule has 0 atom stereocenters. The molecule has 28 heavy (non-hydrogen) atoms. The zero-order chi connectivity index (χ0) is 20.3. The molecule has 150 valence electrons. The fourth-order valence-corrected chi connectivity index (χ4v) is 4.72. The van der Waals surface area contributed by atoms with E-state index in [9.17, 15) is 18.0 Å². The average Bonchev–Trinajstić information content (AvgIpc) is 3.36. The van der Waals surface area contributed by atoms with Crippen molar-refractivity contribution in [3.63, 3.8) is 0 Å². The predicted octanol–water partition coefficient (Wildman–Crippen LogP) is 1.53. The first-order valence-electron chi connectivity index (χ1n) is 8.95. The van der Waals surface area contributed by atoms with E-state index in [0.29, 0.717) is 18.7 Å². The summed E-state index contributed by atoms with van der Waals surface area (Å²) >= 11 is 0. The van der Waals surface area contributed by atoms with Gasteiger partial charge in [0.05, 0.1) is 12.7 Å². The summed E-state index contributed by atoms with van der Waals surface area (Å²) in [6.07, 6.45) is 3.18. The van der Waals surface area contributed by atoms with Crippen molar-refractivity contribution in [3.05, 3.63) is 53.3 Å². The summed E-state index contributed by atoms with van der Waals surface area (Å²) in [5.74, 6) is -0.798. The van der Waals surface area contributed by atoms with Gasteiger partial charge in [-0.25, -0.2) is 13.2 Å². The second-order valence-electron chi connectivity index (χ2n) is 6.65. The molecule has 1 aromatic carbocycles. The number of nitrogens with zero attached hydrogens (tertiary/aromatic N) is 2. The molecule has 0 spiro atoms. The van der Waals surface area contributed by atoms with Gasteiger partial charge in [0.1, 0.15) is 10.6 Å². The molecule has 3 rings (SSSR count). The van der Waals surface area contributed by atoms with Gasteiger partial charge in [0.2, 0.25) is 10.0 Å². The minimum atomic E-state index is -3.57. The standard InChI is InChI=1S/C19H23N3O5S/c1-21-13-16(28(25,26)22-9-3-4-10-22)11-17(21)18(23)20-12-14-5-7-15(8-6-14)19(24)27-2/h5-8,11,13H,3-4,9-10,12H2,1-2H3,(H,20,23). The molecule has 1 amide bonds. The minimum absolute atomic E-state index is 0.129. The van der Waals surface area contributed by atoms with Gasteiger partial charge in [-0.05, 0) is 36.6 Å². The highest BCUT2D eigenvalue weighted by atomic mass is 32.2. The quantitative estimate of drug-likeness (QED) is 0.735. The Labute approximate surface area is 164 Å². The molecule has 1 aliphatic heterocycles. The molecule has 0 aliphatic carbocycles. The minimum Gasteiger partial charge on any atom is -0.465 e. The lowest BCUT2D eigenvalue weighted by atomic mass is 10.1. The second kappa shape index (κ2) is 8.15. The van der Waals surface area contributed by atoms with Crippen LogP contribution in [0, 0.1) is 0 Å².